The van der Waals surface area contributed by atoms with Gasteiger partial charge >= 0.3 is 0 Å². The Hall–Kier alpha value is -2.69. The second-order valence-corrected chi connectivity index (χ2v) is 8.65. The van der Waals surface area contributed by atoms with Gasteiger partial charge < -0.3 is 10.6 Å². The molecule has 1 aliphatic rings. The maximum absolute atomic E-state index is 5.86. The molecular weight excluding hydrogens is 416 g/mol. The monoisotopic (exact) mass is 448 g/mol. The van der Waals surface area contributed by atoms with E-state index in [1.54, 1.807) is 6.20 Å². The van der Waals surface area contributed by atoms with Crippen LogP contribution in [0.3, 0.4) is 0 Å². The number of hydrogen-bond acceptors (Lipinski definition) is 4. The molecule has 3 aromatic rings. The van der Waals surface area contributed by atoms with Gasteiger partial charge in [0.2, 0.25) is 0 Å². The van der Waals surface area contributed by atoms with Crippen LogP contribution in [0.5, 0.6) is 0 Å². The van der Waals surface area contributed by atoms with Gasteiger partial charge in [0.05, 0.1) is 12.4 Å². The summed E-state index contributed by atoms with van der Waals surface area (Å²) in [6, 6.07) is 22.6. The van der Waals surface area contributed by atoms with Gasteiger partial charge in [-0.1, -0.05) is 66.7 Å². The van der Waals surface area contributed by atoms with Gasteiger partial charge in [-0.2, -0.15) is 10.2 Å². The summed E-state index contributed by atoms with van der Waals surface area (Å²) in [6.07, 6.45) is 9.37. The molecule has 32 heavy (non-hydrogen) atoms. The molecule has 0 saturated heterocycles. The van der Waals surface area contributed by atoms with Gasteiger partial charge in [-0.15, -0.1) is 0 Å². The van der Waals surface area contributed by atoms with E-state index in [0.717, 1.165) is 35.8 Å². The van der Waals surface area contributed by atoms with Crippen LogP contribution < -0.4 is 5.73 Å². The van der Waals surface area contributed by atoms with Crippen LogP contribution in [0.4, 0.5) is 0 Å². The quantitative estimate of drug-likeness (QED) is 0.492. The van der Waals surface area contributed by atoms with E-state index < -0.39 is 0 Å². The van der Waals surface area contributed by atoms with E-state index in [4.69, 9.17) is 17.3 Å². The van der Waals surface area contributed by atoms with Crippen LogP contribution in [0.2, 0.25) is 5.02 Å². The predicted octanol–water partition coefficient (Wildman–Crippen LogP) is 5.85. The Balaban J connectivity index is 0.000000352. The van der Waals surface area contributed by atoms with Crippen LogP contribution in [0.25, 0.3) is 5.70 Å². The zero-order chi connectivity index (χ0) is 22.6. The van der Waals surface area contributed by atoms with Gasteiger partial charge in [-0.3, -0.25) is 0 Å². The molecule has 1 aromatic heterocycles. The molecule has 168 valence electrons. The van der Waals surface area contributed by atoms with E-state index in [-0.39, 0.29) is 0 Å². The molecule has 2 N–H and O–H groups in total. The van der Waals surface area contributed by atoms with E-state index >= 15 is 0 Å². The molecule has 0 atom stereocenters. The van der Waals surface area contributed by atoms with Gasteiger partial charge in [0.1, 0.15) is 0 Å². The summed E-state index contributed by atoms with van der Waals surface area (Å²) < 4.78 is 0. The lowest BCUT2D eigenvalue weighted by molar-refractivity contribution is 0.200. The van der Waals surface area contributed by atoms with Crippen LogP contribution in [0.15, 0.2) is 85.7 Å². The van der Waals surface area contributed by atoms with Crippen LogP contribution in [-0.4, -0.2) is 34.2 Å². The summed E-state index contributed by atoms with van der Waals surface area (Å²) in [7, 11) is 0. The first-order valence-electron chi connectivity index (χ1n) is 11.3. The molecule has 1 heterocycles. The minimum absolute atomic E-state index is 0.534. The number of benzene rings is 2. The van der Waals surface area contributed by atoms with Gasteiger partial charge in [0, 0.05) is 28.9 Å². The van der Waals surface area contributed by atoms with Crippen LogP contribution in [0, 0.1) is 5.92 Å². The first-order valence-corrected chi connectivity index (χ1v) is 11.7. The van der Waals surface area contributed by atoms with Crippen molar-refractivity contribution in [2.24, 2.45) is 11.7 Å². The van der Waals surface area contributed by atoms with Crippen molar-refractivity contribution in [3.8, 4) is 0 Å². The van der Waals surface area contributed by atoms with Gasteiger partial charge in [-0.05, 0) is 68.3 Å². The Labute approximate surface area is 197 Å². The lowest BCUT2D eigenvalue weighted by Gasteiger charge is -2.39. The summed E-state index contributed by atoms with van der Waals surface area (Å²) in [6.45, 7) is 6.17. The number of nitrogens with two attached hydrogens (primary N) is 1. The number of aromatic nitrogens is 2. The Morgan fingerprint density at radius 1 is 0.938 bits per heavy atom. The van der Waals surface area contributed by atoms with Crippen molar-refractivity contribution in [1.29, 1.82) is 0 Å². The first-order chi connectivity index (χ1) is 15.7. The van der Waals surface area contributed by atoms with Gasteiger partial charge in [0.15, 0.2) is 0 Å². The Morgan fingerprint density at radius 3 is 2.12 bits per heavy atom. The van der Waals surface area contributed by atoms with Crippen LogP contribution in [0.1, 0.15) is 36.8 Å². The average Bonchev–Trinajstić information content (AvgIpc) is 2.86. The van der Waals surface area contributed by atoms with Crippen molar-refractivity contribution >= 4 is 17.3 Å². The predicted molar refractivity (Wildman–Crippen MR) is 134 cm³/mol. The Kier molecular flexibility index (Phi) is 9.73. The summed E-state index contributed by atoms with van der Waals surface area (Å²) in [5.74, 6) is 0.683. The molecule has 0 spiro atoms. The highest BCUT2D eigenvalue weighted by molar-refractivity contribution is 6.30. The molecule has 5 heteroatoms. The smallest absolute Gasteiger partial charge is 0.0589 e. The zero-order valence-corrected chi connectivity index (χ0v) is 19.4. The minimum atomic E-state index is 0.534. The standard InChI is InChI=1S/C21H28N4.C6H5Cl/c1-17(20-11-13-23-24-16-20)25(14-12-18-5-3-2-4-6-18)21-9-7-19(15-22)8-10-21;7-6-4-2-1-3-5-6/h2-6,11,13,16,19,21H,1,7-10,12,14-15,22H2;1-5H. The Bertz CT molecular complexity index is 910. The molecule has 0 radical (unpaired) electrons. The van der Waals surface area contributed by atoms with Crippen molar-refractivity contribution in [2.75, 3.05) is 13.1 Å². The van der Waals surface area contributed by atoms with Crippen molar-refractivity contribution in [3.05, 3.63) is 102 Å². The SMILES string of the molecule is C=C(c1ccnnc1)N(CCc1ccccc1)C1CCC(CN)CC1.Clc1ccccc1. The minimum Gasteiger partial charge on any atom is -0.368 e. The van der Waals surface area contributed by atoms with Crippen LogP contribution >= 0.6 is 11.6 Å². The number of rotatable bonds is 7. The molecule has 4 rings (SSSR count). The number of halogens is 1. The summed E-state index contributed by atoms with van der Waals surface area (Å²) >= 11 is 5.54. The van der Waals surface area contributed by atoms with Crippen molar-refractivity contribution < 1.29 is 0 Å². The van der Waals surface area contributed by atoms with E-state index in [1.807, 2.05) is 42.6 Å². The lowest BCUT2D eigenvalue weighted by atomic mass is 9.85. The van der Waals surface area contributed by atoms with Crippen LogP contribution in [-0.2, 0) is 6.42 Å². The largest absolute Gasteiger partial charge is 0.368 e. The molecule has 1 saturated carbocycles. The zero-order valence-electron chi connectivity index (χ0n) is 18.6. The first kappa shape index (κ1) is 24.0. The fraction of sp³-hybridized carbons (Fsp3) is 0.333. The molecular formula is C27H33ClN4. The fourth-order valence-electron chi connectivity index (χ4n) is 4.17. The topological polar surface area (TPSA) is 55.0 Å². The second-order valence-electron chi connectivity index (χ2n) is 8.21. The van der Waals surface area contributed by atoms with Gasteiger partial charge in [-0.25, -0.2) is 0 Å². The highest BCUT2D eigenvalue weighted by Gasteiger charge is 2.26. The van der Waals surface area contributed by atoms with E-state index in [1.165, 1.54) is 31.2 Å². The normalized spacial score (nSPS) is 17.7. The molecule has 0 unspecified atom stereocenters. The maximum atomic E-state index is 5.86. The number of hydrogen-bond donors (Lipinski definition) is 1. The maximum Gasteiger partial charge on any atom is 0.0589 e. The summed E-state index contributed by atoms with van der Waals surface area (Å²) in [5.41, 5.74) is 9.35. The van der Waals surface area contributed by atoms with E-state index in [2.05, 4.69) is 52.0 Å². The third kappa shape index (κ3) is 7.47. The summed E-state index contributed by atoms with van der Waals surface area (Å²) in [5, 5.41) is 8.71. The second kappa shape index (κ2) is 13.0. The van der Waals surface area contributed by atoms with E-state index in [0.29, 0.717) is 12.0 Å². The van der Waals surface area contributed by atoms with Gasteiger partial charge in [0.25, 0.3) is 0 Å². The molecule has 0 amide bonds. The van der Waals surface area contributed by atoms with E-state index in [9.17, 15) is 0 Å². The fourth-order valence-corrected chi connectivity index (χ4v) is 4.31. The Morgan fingerprint density at radius 2 is 1.59 bits per heavy atom. The molecule has 1 aliphatic carbocycles. The average molecular weight is 449 g/mol. The summed E-state index contributed by atoms with van der Waals surface area (Å²) in [4.78, 5) is 2.48. The highest BCUT2D eigenvalue weighted by atomic mass is 35.5. The molecule has 1 fully saturated rings. The molecule has 0 bridgehead atoms. The van der Waals surface area contributed by atoms with Crippen molar-refractivity contribution in [1.82, 2.24) is 15.1 Å². The third-order valence-electron chi connectivity index (χ3n) is 6.07. The molecule has 4 nitrogen and oxygen atoms in total. The highest BCUT2D eigenvalue weighted by Crippen LogP contribution is 2.31. The third-order valence-corrected chi connectivity index (χ3v) is 6.32. The molecule has 0 aliphatic heterocycles. The number of nitrogens with zero attached hydrogens (tertiary/aromatic N) is 3. The van der Waals surface area contributed by atoms with Crippen molar-refractivity contribution in [2.45, 2.75) is 38.1 Å². The lowest BCUT2D eigenvalue weighted by Crippen LogP contribution is -2.39. The van der Waals surface area contributed by atoms with Crippen molar-refractivity contribution in [3.63, 3.8) is 0 Å². The molecule has 2 aromatic carbocycles.